The minimum Gasteiger partial charge on any atom is -0.378 e. The molecule has 3 unspecified atom stereocenters. The first-order valence-corrected chi connectivity index (χ1v) is 6.58. The fourth-order valence-corrected chi connectivity index (χ4v) is 2.63. The molecule has 2 heteroatoms. The zero-order chi connectivity index (χ0) is 11.8. The topological polar surface area (TPSA) is 21.3 Å². The summed E-state index contributed by atoms with van der Waals surface area (Å²) in [6.45, 7) is 8.28. The third-order valence-electron chi connectivity index (χ3n) is 3.40. The highest BCUT2D eigenvalue weighted by Gasteiger charge is 2.32. The van der Waals surface area contributed by atoms with Crippen LogP contribution in [-0.4, -0.2) is 25.3 Å². The fourth-order valence-electron chi connectivity index (χ4n) is 2.63. The van der Waals surface area contributed by atoms with E-state index in [2.05, 4.69) is 31.0 Å². The van der Waals surface area contributed by atoms with Crippen molar-refractivity contribution in [3.63, 3.8) is 0 Å². The molecule has 3 atom stereocenters. The molecule has 1 rings (SSSR count). The van der Waals surface area contributed by atoms with E-state index in [1.165, 1.54) is 6.42 Å². The Labute approximate surface area is 100 Å². The maximum absolute atomic E-state index is 5.77. The molecule has 0 aromatic heterocycles. The van der Waals surface area contributed by atoms with Crippen molar-refractivity contribution < 1.29 is 4.74 Å². The normalized spacial score (nSPS) is 26.2. The number of hydrogen-bond acceptors (Lipinski definition) is 2. The fraction of sp³-hybridized carbons (Fsp3) is 0.857. The first-order chi connectivity index (χ1) is 7.83. The van der Waals surface area contributed by atoms with Gasteiger partial charge in [-0.15, -0.1) is 11.8 Å². The van der Waals surface area contributed by atoms with Crippen LogP contribution in [0.15, 0.2) is 0 Å². The van der Waals surface area contributed by atoms with E-state index in [4.69, 9.17) is 4.74 Å². The van der Waals surface area contributed by atoms with Gasteiger partial charge in [0.2, 0.25) is 0 Å². The van der Waals surface area contributed by atoms with Gasteiger partial charge in [-0.25, -0.2) is 0 Å². The van der Waals surface area contributed by atoms with Gasteiger partial charge in [-0.2, -0.15) is 0 Å². The molecule has 0 bridgehead atoms. The third-order valence-corrected chi connectivity index (χ3v) is 3.40. The van der Waals surface area contributed by atoms with Crippen LogP contribution in [0.25, 0.3) is 0 Å². The van der Waals surface area contributed by atoms with Crippen molar-refractivity contribution in [3.8, 4) is 11.8 Å². The lowest BCUT2D eigenvalue weighted by molar-refractivity contribution is 0.0768. The van der Waals surface area contributed by atoms with E-state index in [-0.39, 0.29) is 0 Å². The van der Waals surface area contributed by atoms with Gasteiger partial charge in [0.05, 0.1) is 6.10 Å². The molecule has 0 radical (unpaired) electrons. The molecule has 92 valence electrons. The summed E-state index contributed by atoms with van der Waals surface area (Å²) in [6.07, 6.45) is 4.95. The van der Waals surface area contributed by atoms with E-state index in [9.17, 15) is 0 Å². The summed E-state index contributed by atoms with van der Waals surface area (Å²) in [6, 6.07) is 0.582. The van der Waals surface area contributed by atoms with Gasteiger partial charge in [0, 0.05) is 25.0 Å². The Bertz CT molecular complexity index is 241. The molecule has 1 aliphatic heterocycles. The standard InChI is InChI=1S/C14H25NO/c1-4-7-8-9-13(15-6-3)12-10-11-16-14(12)5-2/h12-15H,5-6,8-11H2,1-3H3. The molecule has 0 aliphatic carbocycles. The molecule has 1 saturated heterocycles. The average Bonchev–Trinajstić information content (AvgIpc) is 2.76. The van der Waals surface area contributed by atoms with E-state index in [0.29, 0.717) is 18.1 Å². The number of rotatable bonds is 6. The van der Waals surface area contributed by atoms with E-state index in [1.54, 1.807) is 0 Å². The molecule has 0 spiro atoms. The zero-order valence-electron chi connectivity index (χ0n) is 10.9. The highest BCUT2D eigenvalue weighted by atomic mass is 16.5. The van der Waals surface area contributed by atoms with Crippen molar-refractivity contribution >= 4 is 0 Å². The van der Waals surface area contributed by atoms with Gasteiger partial charge in [0.1, 0.15) is 0 Å². The Kier molecular flexibility index (Phi) is 6.52. The van der Waals surface area contributed by atoms with Gasteiger partial charge >= 0.3 is 0 Å². The number of ether oxygens (including phenoxy) is 1. The zero-order valence-corrected chi connectivity index (χ0v) is 10.9. The maximum Gasteiger partial charge on any atom is 0.0616 e. The minimum absolute atomic E-state index is 0.457. The van der Waals surface area contributed by atoms with E-state index in [0.717, 1.165) is 32.4 Å². The molecule has 1 fully saturated rings. The second-order valence-electron chi connectivity index (χ2n) is 4.40. The molecular weight excluding hydrogens is 198 g/mol. The molecule has 1 aliphatic rings. The van der Waals surface area contributed by atoms with Crippen molar-refractivity contribution in [3.05, 3.63) is 0 Å². The summed E-state index contributed by atoms with van der Waals surface area (Å²) >= 11 is 0. The second-order valence-corrected chi connectivity index (χ2v) is 4.40. The van der Waals surface area contributed by atoms with Crippen molar-refractivity contribution in [1.29, 1.82) is 0 Å². The van der Waals surface area contributed by atoms with Crippen LogP contribution >= 0.6 is 0 Å². The van der Waals surface area contributed by atoms with Gasteiger partial charge in [-0.1, -0.05) is 13.8 Å². The molecule has 0 aromatic rings. The lowest BCUT2D eigenvalue weighted by Gasteiger charge is -2.27. The molecule has 16 heavy (non-hydrogen) atoms. The first kappa shape index (κ1) is 13.5. The van der Waals surface area contributed by atoms with Gasteiger partial charge in [-0.05, 0) is 32.7 Å². The summed E-state index contributed by atoms with van der Waals surface area (Å²) in [5.74, 6) is 6.82. The highest BCUT2D eigenvalue weighted by molar-refractivity contribution is 4.97. The van der Waals surface area contributed by atoms with Gasteiger partial charge in [-0.3, -0.25) is 0 Å². The third kappa shape index (κ3) is 3.81. The van der Waals surface area contributed by atoms with E-state index in [1.807, 2.05) is 6.92 Å². The van der Waals surface area contributed by atoms with E-state index < -0.39 is 0 Å². The molecule has 1 heterocycles. The smallest absolute Gasteiger partial charge is 0.0616 e. The monoisotopic (exact) mass is 223 g/mol. The summed E-state index contributed by atoms with van der Waals surface area (Å²) in [5, 5.41) is 3.60. The highest BCUT2D eigenvalue weighted by Crippen LogP contribution is 2.28. The summed E-state index contributed by atoms with van der Waals surface area (Å²) in [7, 11) is 0. The van der Waals surface area contributed by atoms with Crippen LogP contribution in [0.1, 0.15) is 46.5 Å². The van der Waals surface area contributed by atoms with Crippen LogP contribution in [-0.2, 0) is 4.74 Å². The first-order valence-electron chi connectivity index (χ1n) is 6.58. The van der Waals surface area contributed by atoms with Crippen molar-refractivity contribution in [2.75, 3.05) is 13.2 Å². The van der Waals surface area contributed by atoms with Gasteiger partial charge < -0.3 is 10.1 Å². The van der Waals surface area contributed by atoms with Crippen LogP contribution < -0.4 is 5.32 Å². The van der Waals surface area contributed by atoms with Crippen molar-refractivity contribution in [1.82, 2.24) is 5.32 Å². The van der Waals surface area contributed by atoms with Crippen LogP contribution in [0.2, 0.25) is 0 Å². The summed E-state index contributed by atoms with van der Waals surface area (Å²) in [4.78, 5) is 0. The van der Waals surface area contributed by atoms with Crippen LogP contribution in [0.3, 0.4) is 0 Å². The molecule has 0 amide bonds. The summed E-state index contributed by atoms with van der Waals surface area (Å²) < 4.78 is 5.77. The quantitative estimate of drug-likeness (QED) is 0.699. The predicted octanol–water partition coefficient (Wildman–Crippen LogP) is 2.58. The number of nitrogens with one attached hydrogen (secondary N) is 1. The predicted molar refractivity (Wildman–Crippen MR) is 68.3 cm³/mol. The molecular formula is C14H25NO. The van der Waals surface area contributed by atoms with Gasteiger partial charge in [0.25, 0.3) is 0 Å². The van der Waals surface area contributed by atoms with Crippen LogP contribution in [0.5, 0.6) is 0 Å². The Hall–Kier alpha value is -0.520. The minimum atomic E-state index is 0.457. The lowest BCUT2D eigenvalue weighted by Crippen LogP contribution is -2.39. The Balaban J connectivity index is 2.49. The molecule has 2 nitrogen and oxygen atoms in total. The summed E-state index contributed by atoms with van der Waals surface area (Å²) in [5.41, 5.74) is 0. The Morgan fingerprint density at radius 1 is 1.44 bits per heavy atom. The molecule has 0 saturated carbocycles. The van der Waals surface area contributed by atoms with Crippen LogP contribution in [0.4, 0.5) is 0 Å². The van der Waals surface area contributed by atoms with Crippen molar-refractivity contribution in [2.24, 2.45) is 5.92 Å². The Morgan fingerprint density at radius 2 is 2.25 bits per heavy atom. The van der Waals surface area contributed by atoms with Crippen LogP contribution in [0, 0.1) is 17.8 Å². The number of hydrogen-bond donors (Lipinski definition) is 1. The lowest BCUT2D eigenvalue weighted by atomic mass is 9.88. The SMILES string of the molecule is CC#CCCC(NCC)C1CCOC1CC. The second kappa shape index (κ2) is 7.70. The van der Waals surface area contributed by atoms with Crippen molar-refractivity contribution in [2.45, 2.75) is 58.6 Å². The van der Waals surface area contributed by atoms with Gasteiger partial charge in [0.15, 0.2) is 0 Å². The maximum atomic E-state index is 5.77. The molecule has 0 aromatic carbocycles. The average molecular weight is 223 g/mol. The largest absolute Gasteiger partial charge is 0.378 e. The Morgan fingerprint density at radius 3 is 2.88 bits per heavy atom. The van der Waals surface area contributed by atoms with E-state index >= 15 is 0 Å². The molecule has 1 N–H and O–H groups in total.